The van der Waals surface area contributed by atoms with E-state index in [1.807, 2.05) is 0 Å². The van der Waals surface area contributed by atoms with Crippen molar-refractivity contribution in [3.8, 4) is 0 Å². The maximum absolute atomic E-state index is 2.32. The van der Waals surface area contributed by atoms with Gasteiger partial charge in [0.2, 0.25) is 0 Å². The van der Waals surface area contributed by atoms with Gasteiger partial charge in [-0.3, -0.25) is 0 Å². The van der Waals surface area contributed by atoms with Crippen LogP contribution in [0.1, 0.15) is 16.7 Å². The zero-order valence-electron chi connectivity index (χ0n) is 15.3. The van der Waals surface area contributed by atoms with Crippen molar-refractivity contribution in [2.24, 2.45) is 0 Å². The second-order valence-corrected chi connectivity index (χ2v) is 6.65. The number of benzene rings is 3. The summed E-state index contributed by atoms with van der Waals surface area (Å²) in [4.78, 5) is 4.62. The molecule has 0 aliphatic rings. The number of nitrogens with zero attached hydrogens (tertiary/aromatic N) is 2. The minimum absolute atomic E-state index is 0.908. The van der Waals surface area contributed by atoms with Gasteiger partial charge < -0.3 is 9.80 Å². The summed E-state index contributed by atoms with van der Waals surface area (Å²) in [7, 11) is 4.31. The number of aryl methyl sites for hydroxylation is 1. The number of hydrogen-bond donors (Lipinski definition) is 0. The number of hydrogen-bond acceptors (Lipinski definition) is 2. The van der Waals surface area contributed by atoms with Crippen molar-refractivity contribution in [2.75, 3.05) is 23.9 Å². The molecule has 0 aromatic heterocycles. The third kappa shape index (κ3) is 4.42. The van der Waals surface area contributed by atoms with Crippen LogP contribution in [0.3, 0.4) is 0 Å². The third-order valence-electron chi connectivity index (χ3n) is 4.57. The Morgan fingerprint density at radius 1 is 0.640 bits per heavy atom. The minimum Gasteiger partial charge on any atom is -0.370 e. The van der Waals surface area contributed by atoms with Gasteiger partial charge >= 0.3 is 0 Å². The molecule has 2 heteroatoms. The van der Waals surface area contributed by atoms with Gasteiger partial charge in [0.1, 0.15) is 0 Å². The van der Waals surface area contributed by atoms with Gasteiger partial charge in [-0.15, -0.1) is 0 Å². The Morgan fingerprint density at radius 3 is 1.72 bits per heavy atom. The van der Waals surface area contributed by atoms with Crippen LogP contribution in [-0.4, -0.2) is 14.1 Å². The Morgan fingerprint density at radius 2 is 1.16 bits per heavy atom. The highest BCUT2D eigenvalue weighted by atomic mass is 15.1. The Kier molecular flexibility index (Phi) is 5.39. The average molecular weight is 330 g/mol. The van der Waals surface area contributed by atoms with Gasteiger partial charge in [-0.1, -0.05) is 66.7 Å². The molecule has 0 heterocycles. The molecular formula is C23H26N2. The minimum atomic E-state index is 0.908. The molecule has 2 nitrogen and oxygen atoms in total. The zero-order chi connectivity index (χ0) is 17.6. The second kappa shape index (κ2) is 7.89. The third-order valence-corrected chi connectivity index (χ3v) is 4.57. The van der Waals surface area contributed by atoms with E-state index in [-0.39, 0.29) is 0 Å². The second-order valence-electron chi connectivity index (χ2n) is 6.65. The van der Waals surface area contributed by atoms with Crippen LogP contribution >= 0.6 is 0 Å². The normalized spacial score (nSPS) is 10.5. The topological polar surface area (TPSA) is 6.48 Å². The predicted octanol–water partition coefficient (Wildman–Crippen LogP) is 5.27. The van der Waals surface area contributed by atoms with Crippen molar-refractivity contribution >= 4 is 11.4 Å². The fourth-order valence-electron chi connectivity index (χ4n) is 3.14. The molecule has 0 atom stereocenters. The summed E-state index contributed by atoms with van der Waals surface area (Å²) in [6.07, 6.45) is 0. The predicted molar refractivity (Wildman–Crippen MR) is 108 cm³/mol. The van der Waals surface area contributed by atoms with E-state index in [1.165, 1.54) is 28.1 Å². The highest BCUT2D eigenvalue weighted by Crippen LogP contribution is 2.27. The lowest BCUT2D eigenvalue weighted by molar-refractivity contribution is 0.902. The largest absolute Gasteiger partial charge is 0.370 e. The summed E-state index contributed by atoms with van der Waals surface area (Å²) in [6, 6.07) is 27.9. The monoisotopic (exact) mass is 330 g/mol. The van der Waals surface area contributed by atoms with Gasteiger partial charge in [0.15, 0.2) is 0 Å². The molecule has 0 spiro atoms. The van der Waals surface area contributed by atoms with Crippen LogP contribution in [0.2, 0.25) is 0 Å². The van der Waals surface area contributed by atoms with Gasteiger partial charge in [0.25, 0.3) is 0 Å². The first-order valence-electron chi connectivity index (χ1n) is 8.74. The molecule has 0 radical (unpaired) electrons. The summed E-state index contributed by atoms with van der Waals surface area (Å²) in [5.41, 5.74) is 6.47. The average Bonchev–Trinajstić information content (AvgIpc) is 2.63. The van der Waals surface area contributed by atoms with Crippen molar-refractivity contribution in [3.05, 3.63) is 95.6 Å². The fourth-order valence-corrected chi connectivity index (χ4v) is 3.14. The van der Waals surface area contributed by atoms with Crippen LogP contribution in [-0.2, 0) is 13.1 Å². The Balaban J connectivity index is 1.77. The molecule has 3 rings (SSSR count). The molecule has 0 aliphatic heterocycles. The molecule has 0 unspecified atom stereocenters. The molecule has 3 aromatic rings. The first-order valence-corrected chi connectivity index (χ1v) is 8.74. The van der Waals surface area contributed by atoms with Crippen molar-refractivity contribution in [2.45, 2.75) is 20.0 Å². The molecule has 0 fully saturated rings. The highest BCUT2D eigenvalue weighted by molar-refractivity contribution is 5.63. The molecule has 25 heavy (non-hydrogen) atoms. The Hall–Kier alpha value is -2.74. The van der Waals surface area contributed by atoms with E-state index in [2.05, 4.69) is 110 Å². The van der Waals surface area contributed by atoms with Gasteiger partial charge in [-0.25, -0.2) is 0 Å². The summed E-state index contributed by atoms with van der Waals surface area (Å²) in [6.45, 7) is 4.00. The molecule has 0 bridgehead atoms. The van der Waals surface area contributed by atoms with E-state index in [1.54, 1.807) is 0 Å². The van der Waals surface area contributed by atoms with Gasteiger partial charge in [-0.05, 0) is 35.7 Å². The van der Waals surface area contributed by atoms with Crippen molar-refractivity contribution < 1.29 is 0 Å². The van der Waals surface area contributed by atoms with Gasteiger partial charge in [0.05, 0.1) is 0 Å². The lowest BCUT2D eigenvalue weighted by Gasteiger charge is -2.25. The molecule has 0 N–H and O–H groups in total. The van der Waals surface area contributed by atoms with Crippen LogP contribution in [0.15, 0.2) is 78.9 Å². The molecule has 0 aliphatic carbocycles. The van der Waals surface area contributed by atoms with Crippen LogP contribution < -0.4 is 9.80 Å². The lowest BCUT2D eigenvalue weighted by atomic mass is 10.1. The molecular weight excluding hydrogens is 304 g/mol. The van der Waals surface area contributed by atoms with E-state index >= 15 is 0 Å². The van der Waals surface area contributed by atoms with Crippen molar-refractivity contribution in [1.82, 2.24) is 0 Å². The number of anilines is 2. The van der Waals surface area contributed by atoms with E-state index in [4.69, 9.17) is 0 Å². The zero-order valence-corrected chi connectivity index (χ0v) is 15.3. The molecule has 0 saturated carbocycles. The van der Waals surface area contributed by atoms with E-state index in [0.717, 1.165) is 13.1 Å². The van der Waals surface area contributed by atoms with Crippen LogP contribution in [0, 0.1) is 6.92 Å². The smallest absolute Gasteiger partial charge is 0.0426 e. The fraction of sp³-hybridized carbons (Fsp3) is 0.217. The quantitative estimate of drug-likeness (QED) is 0.607. The van der Waals surface area contributed by atoms with Crippen molar-refractivity contribution in [3.63, 3.8) is 0 Å². The molecule has 0 amide bonds. The summed E-state index contributed by atoms with van der Waals surface area (Å²) < 4.78 is 0. The first-order chi connectivity index (χ1) is 12.1. The van der Waals surface area contributed by atoms with Crippen LogP contribution in [0.5, 0.6) is 0 Å². The van der Waals surface area contributed by atoms with E-state index in [0.29, 0.717) is 0 Å². The molecule has 128 valence electrons. The van der Waals surface area contributed by atoms with Gasteiger partial charge in [-0.2, -0.15) is 0 Å². The van der Waals surface area contributed by atoms with Crippen LogP contribution in [0.25, 0.3) is 0 Å². The molecule has 3 aromatic carbocycles. The highest BCUT2D eigenvalue weighted by Gasteiger charge is 2.09. The van der Waals surface area contributed by atoms with Crippen LogP contribution in [0.4, 0.5) is 11.4 Å². The van der Waals surface area contributed by atoms with Gasteiger partial charge in [0, 0.05) is 38.6 Å². The van der Waals surface area contributed by atoms with Crippen molar-refractivity contribution in [1.29, 1.82) is 0 Å². The maximum atomic E-state index is 2.32. The Labute approximate surface area is 151 Å². The Bertz CT molecular complexity index is 797. The van der Waals surface area contributed by atoms with E-state index < -0.39 is 0 Å². The summed E-state index contributed by atoms with van der Waals surface area (Å²) in [5, 5.41) is 0. The maximum Gasteiger partial charge on any atom is 0.0426 e. The first kappa shape index (κ1) is 17.1. The molecule has 0 saturated heterocycles. The van der Waals surface area contributed by atoms with E-state index in [9.17, 15) is 0 Å². The standard InChI is InChI=1S/C23H26N2/c1-19-14-15-22(24(2)17-20-10-6-4-7-11-20)16-23(19)25(3)18-21-12-8-5-9-13-21/h4-16H,17-18H2,1-3H3. The lowest BCUT2D eigenvalue weighted by Crippen LogP contribution is -2.20. The summed E-state index contributed by atoms with van der Waals surface area (Å²) in [5.74, 6) is 0. The summed E-state index contributed by atoms with van der Waals surface area (Å²) >= 11 is 0. The number of rotatable bonds is 6. The SMILES string of the molecule is Cc1ccc(N(C)Cc2ccccc2)cc1N(C)Cc1ccccc1.